The molecule has 4 aromatic rings. The summed E-state index contributed by atoms with van der Waals surface area (Å²) in [4.78, 5) is 0. The minimum absolute atomic E-state index is 0.246. The van der Waals surface area contributed by atoms with E-state index >= 15 is 0 Å². The predicted octanol–water partition coefficient (Wildman–Crippen LogP) is 4.26. The number of hydrogen-bond acceptors (Lipinski definition) is 3. The lowest BCUT2D eigenvalue weighted by Gasteiger charge is -2.20. The minimum atomic E-state index is -4.63. The van der Waals surface area contributed by atoms with E-state index in [1.165, 1.54) is 28.9 Å². The highest BCUT2D eigenvalue weighted by Gasteiger charge is 2.36. The van der Waals surface area contributed by atoms with E-state index in [-0.39, 0.29) is 5.69 Å². The van der Waals surface area contributed by atoms with Crippen molar-refractivity contribution in [2.24, 2.45) is 0 Å². The maximum absolute atomic E-state index is 13.7. The van der Waals surface area contributed by atoms with Crippen LogP contribution in [0.25, 0.3) is 27.7 Å². The Morgan fingerprint density at radius 2 is 1.68 bits per heavy atom. The molecule has 1 heterocycles. The van der Waals surface area contributed by atoms with Crippen LogP contribution < -0.4 is 9.86 Å². The molecule has 0 bridgehead atoms. The molecule has 0 amide bonds. The van der Waals surface area contributed by atoms with Crippen LogP contribution in [-0.4, -0.2) is 18.2 Å². The minimum Gasteiger partial charge on any atom is -0.239 e. The third-order valence-electron chi connectivity index (χ3n) is 5.72. The number of fused-ring (bicyclic) bond motifs is 2. The highest BCUT2D eigenvalue weighted by molar-refractivity contribution is 7.85. The van der Waals surface area contributed by atoms with Crippen molar-refractivity contribution in [3.8, 4) is 16.9 Å². The van der Waals surface area contributed by atoms with Crippen molar-refractivity contribution >= 4 is 26.7 Å². The van der Waals surface area contributed by atoms with Gasteiger partial charge >= 0.3 is 16.4 Å². The number of nitrogens with zero attached hydrogens (tertiary/aromatic N) is 2. The van der Waals surface area contributed by atoms with Gasteiger partial charge in [-0.2, -0.15) is 26.7 Å². The highest BCUT2D eigenvalue weighted by atomic mass is 32.2. The van der Waals surface area contributed by atoms with Crippen LogP contribution in [0.15, 0.2) is 72.8 Å². The summed E-state index contributed by atoms with van der Waals surface area (Å²) in [5.74, 6) is 0. The molecule has 0 atom stereocenters. The first-order valence-corrected chi connectivity index (χ1v) is 12.1. The number of alkyl halides is 3. The fourth-order valence-corrected chi connectivity index (χ4v) is 4.81. The first-order valence-electron chi connectivity index (χ1n) is 10.4. The van der Waals surface area contributed by atoms with E-state index in [0.717, 1.165) is 28.0 Å². The van der Waals surface area contributed by atoms with Gasteiger partial charge in [-0.05, 0) is 65.1 Å². The van der Waals surface area contributed by atoms with Gasteiger partial charge < -0.3 is 0 Å². The summed E-state index contributed by atoms with van der Waals surface area (Å²) >= 11 is 0. The van der Waals surface area contributed by atoms with Crippen molar-refractivity contribution in [3.05, 3.63) is 89.6 Å². The summed E-state index contributed by atoms with van der Waals surface area (Å²) in [6.45, 7) is 0. The molecule has 3 aromatic carbocycles. The van der Waals surface area contributed by atoms with Gasteiger partial charge in [0.25, 0.3) is 0 Å². The van der Waals surface area contributed by atoms with Crippen LogP contribution in [0.1, 0.15) is 16.8 Å². The monoisotopic (exact) mass is 485 g/mol. The number of aromatic nitrogens is 2. The molecular weight excluding hydrogens is 465 g/mol. The Morgan fingerprint density at radius 1 is 0.971 bits per heavy atom. The molecule has 4 N–H and O–H groups in total. The van der Waals surface area contributed by atoms with Gasteiger partial charge in [0, 0.05) is 5.56 Å². The van der Waals surface area contributed by atoms with E-state index in [1.807, 2.05) is 30.3 Å². The molecule has 1 aliphatic rings. The molecule has 10 heteroatoms. The number of allylic oxidation sites excluding steroid dienone is 2. The molecule has 1 aliphatic carbocycles. The molecule has 0 radical (unpaired) electrons. The van der Waals surface area contributed by atoms with E-state index in [0.29, 0.717) is 29.8 Å². The van der Waals surface area contributed by atoms with Gasteiger partial charge in [0.2, 0.25) is 0 Å². The van der Waals surface area contributed by atoms with Crippen molar-refractivity contribution in [1.82, 2.24) is 9.78 Å². The summed E-state index contributed by atoms with van der Waals surface area (Å²) in [6, 6.07) is 16.7. The van der Waals surface area contributed by atoms with Crippen molar-refractivity contribution in [2.45, 2.75) is 19.0 Å². The second-order valence-electron chi connectivity index (χ2n) is 8.08. The van der Waals surface area contributed by atoms with Gasteiger partial charge in [-0.1, -0.05) is 42.5 Å². The smallest absolute Gasteiger partial charge is 0.239 e. The quantitative estimate of drug-likeness (QED) is 0.423. The van der Waals surface area contributed by atoms with Crippen molar-refractivity contribution in [2.75, 3.05) is 4.72 Å². The summed E-state index contributed by atoms with van der Waals surface area (Å²) in [5.41, 5.74) is 2.68. The number of anilines is 1. The van der Waals surface area contributed by atoms with Gasteiger partial charge in [-0.15, -0.1) is 0 Å². The Bertz CT molecular complexity index is 1540. The van der Waals surface area contributed by atoms with Crippen LogP contribution >= 0.6 is 0 Å². The molecule has 0 aliphatic heterocycles. The molecular formula is C24H20F3N4O2S+. The first-order chi connectivity index (χ1) is 16.1. The van der Waals surface area contributed by atoms with Crippen molar-refractivity contribution in [3.63, 3.8) is 0 Å². The zero-order valence-corrected chi connectivity index (χ0v) is 18.6. The molecule has 0 fully saturated rings. The molecule has 0 saturated carbocycles. The maximum atomic E-state index is 13.7. The fraction of sp³-hybridized carbons (Fsp3) is 0.125. The first kappa shape index (κ1) is 22.2. The average molecular weight is 486 g/mol. The fourth-order valence-electron chi connectivity index (χ4n) is 4.31. The lowest BCUT2D eigenvalue weighted by Crippen LogP contribution is -2.59. The van der Waals surface area contributed by atoms with Crippen LogP contribution in [0.5, 0.6) is 0 Å². The van der Waals surface area contributed by atoms with E-state index < -0.39 is 22.1 Å². The lowest BCUT2D eigenvalue weighted by molar-refractivity contribution is -0.163. The third-order valence-corrected chi connectivity index (χ3v) is 6.26. The van der Waals surface area contributed by atoms with E-state index in [9.17, 15) is 21.6 Å². The molecule has 1 aromatic heterocycles. The van der Waals surface area contributed by atoms with Crippen molar-refractivity contribution in [1.29, 1.82) is 0 Å². The number of nitrogens with one attached hydrogen (secondary N) is 1. The van der Waals surface area contributed by atoms with Gasteiger partial charge in [0.1, 0.15) is 0 Å². The van der Waals surface area contributed by atoms with Gasteiger partial charge in [0.15, 0.2) is 5.69 Å². The Balaban J connectivity index is 1.76. The molecule has 0 spiro atoms. The topological polar surface area (TPSA) is 91.6 Å². The van der Waals surface area contributed by atoms with Crippen LogP contribution in [0, 0.1) is 0 Å². The Hall–Kier alpha value is -3.63. The Labute approximate surface area is 193 Å². The summed E-state index contributed by atoms with van der Waals surface area (Å²) < 4.78 is 67.5. The predicted molar refractivity (Wildman–Crippen MR) is 123 cm³/mol. The maximum Gasteiger partial charge on any atom is 0.435 e. The number of halogens is 3. The Morgan fingerprint density at radius 3 is 2.38 bits per heavy atom. The number of benzene rings is 3. The van der Waals surface area contributed by atoms with Gasteiger partial charge in [0.05, 0.1) is 17.1 Å². The van der Waals surface area contributed by atoms with E-state index in [2.05, 4.69) is 27.1 Å². The standard InChI is InChI=1S/C24H19F3N4O2S/c25-24(26,27)22-14-21(31(29-22)18-11-9-17(10-12-18)30-34(28,32)33)23-19-7-3-1-5-15(19)13-16-6-2-4-8-20(16)23/h1-5,7,9-14,30H,6,8H2,(H2,28,32,33)/p+1. The number of rotatable bonds is 4. The SMILES string of the molecule is [NH3+]S(=O)(=O)Nc1ccc(-n2nc(C(F)(F)F)cc2-c2c3c(cc4ccccc24)CC=CC3)cc1. The zero-order valence-electron chi connectivity index (χ0n) is 17.8. The molecule has 34 heavy (non-hydrogen) atoms. The van der Waals surface area contributed by atoms with E-state index in [1.54, 1.807) is 0 Å². The summed E-state index contributed by atoms with van der Waals surface area (Å²) in [5, 5.41) is 8.70. The molecule has 0 unspecified atom stereocenters. The van der Waals surface area contributed by atoms with Gasteiger partial charge in [-0.25, -0.2) is 14.5 Å². The highest BCUT2D eigenvalue weighted by Crippen LogP contribution is 2.40. The van der Waals surface area contributed by atoms with Gasteiger partial charge in [-0.3, -0.25) is 0 Å². The van der Waals surface area contributed by atoms with Crippen molar-refractivity contribution < 1.29 is 26.7 Å². The lowest BCUT2D eigenvalue weighted by atomic mass is 9.86. The van der Waals surface area contributed by atoms with E-state index in [4.69, 9.17) is 0 Å². The molecule has 5 rings (SSSR count). The average Bonchev–Trinajstić information content (AvgIpc) is 3.22. The second-order valence-corrected chi connectivity index (χ2v) is 9.51. The normalized spacial score (nSPS) is 13.8. The summed E-state index contributed by atoms with van der Waals surface area (Å²) in [6.07, 6.45) is 0.751. The number of quaternary nitrogens is 1. The Kier molecular flexibility index (Phi) is 5.22. The second kappa shape index (κ2) is 8.00. The number of hydrogen-bond donors (Lipinski definition) is 2. The van der Waals surface area contributed by atoms with Crippen LogP contribution in [0.3, 0.4) is 0 Å². The van der Waals surface area contributed by atoms with Crippen LogP contribution in [-0.2, 0) is 29.2 Å². The van der Waals surface area contributed by atoms with Crippen LogP contribution in [0.4, 0.5) is 18.9 Å². The third kappa shape index (κ3) is 4.17. The molecule has 0 saturated heterocycles. The summed E-state index contributed by atoms with van der Waals surface area (Å²) in [7, 11) is -3.73. The van der Waals surface area contributed by atoms with Crippen LogP contribution in [0.2, 0.25) is 0 Å². The molecule has 6 nitrogen and oxygen atoms in total. The molecule has 174 valence electrons. The largest absolute Gasteiger partial charge is 0.435 e. The zero-order chi connectivity index (χ0) is 24.1.